The van der Waals surface area contributed by atoms with Crippen LogP contribution in [0.4, 0.5) is 16.2 Å². The number of fused-ring (bicyclic) bond motifs is 6. The number of amides is 7. The topological polar surface area (TPSA) is 331 Å². The number of nitrogens with zero attached hydrogens (tertiary/aromatic N) is 4. The highest BCUT2D eigenvalue weighted by atomic mass is 16.6. The number of carbonyl (C=O) groups is 9. The van der Waals surface area contributed by atoms with E-state index in [4.69, 9.17) is 24.7 Å². The number of anilines is 2. The van der Waals surface area contributed by atoms with Crippen LogP contribution >= 0.6 is 0 Å². The predicted octanol–water partition coefficient (Wildman–Crippen LogP) is 5.20. The third kappa shape index (κ3) is 12.7. The molecule has 11 rings (SSSR count). The minimum Gasteiger partial charge on any atom is -0.496 e. The number of piperidine rings is 1. The van der Waals surface area contributed by atoms with Crippen LogP contribution in [0, 0.1) is 17.3 Å². The second-order valence-corrected chi connectivity index (χ2v) is 29.0. The number of nitrogens with two attached hydrogens (primary N) is 1. The minimum absolute atomic E-state index is 0.0963. The van der Waals surface area contributed by atoms with Crippen molar-refractivity contribution in [1.29, 1.82) is 0 Å². The summed E-state index contributed by atoms with van der Waals surface area (Å²) in [7, 11) is 6.02. The van der Waals surface area contributed by atoms with E-state index in [-0.39, 0.29) is 68.3 Å². The van der Waals surface area contributed by atoms with E-state index < -0.39 is 93.5 Å². The summed E-state index contributed by atoms with van der Waals surface area (Å²) in [5.74, 6) is -4.67. The number of para-hydroxylation sites is 1. The number of likely N-dealkylation sites (N-methyl/N-ethyl adjacent to an activating group) is 1. The predicted molar refractivity (Wildman–Crippen MR) is 367 cm³/mol. The number of imide groups is 1. The molecule has 7 heterocycles. The second kappa shape index (κ2) is 28.2. The molecule has 12 atom stereocenters. The maximum atomic E-state index is 16.1. The molecule has 1 aliphatic carbocycles. The van der Waals surface area contributed by atoms with Gasteiger partial charge in [-0.15, -0.1) is 0 Å². The van der Waals surface area contributed by atoms with Crippen LogP contribution in [0.1, 0.15) is 133 Å². The van der Waals surface area contributed by atoms with Crippen molar-refractivity contribution in [2.24, 2.45) is 23.0 Å². The molecule has 2 saturated heterocycles. The maximum absolute atomic E-state index is 16.1. The molecule has 1 spiro atoms. The Kier molecular flexibility index (Phi) is 20.4. The van der Waals surface area contributed by atoms with Gasteiger partial charge in [0, 0.05) is 127 Å². The van der Waals surface area contributed by atoms with E-state index in [9.17, 15) is 48.6 Å². The van der Waals surface area contributed by atoms with Crippen molar-refractivity contribution in [1.82, 2.24) is 30.7 Å². The van der Waals surface area contributed by atoms with Gasteiger partial charge in [0.15, 0.2) is 6.10 Å². The highest BCUT2D eigenvalue weighted by Crippen LogP contribution is 2.68. The van der Waals surface area contributed by atoms with Gasteiger partial charge in [0.05, 0.1) is 40.5 Å². The van der Waals surface area contributed by atoms with E-state index in [1.165, 1.54) is 33.3 Å². The van der Waals surface area contributed by atoms with E-state index in [0.717, 1.165) is 32.5 Å². The Labute approximate surface area is 577 Å². The number of primary amides is 1. The summed E-state index contributed by atoms with van der Waals surface area (Å²) < 4.78 is 24.9. The molecule has 7 aliphatic rings. The van der Waals surface area contributed by atoms with Gasteiger partial charge in [-0.05, 0) is 106 Å². The summed E-state index contributed by atoms with van der Waals surface area (Å²) in [6.07, 6.45) is 9.43. The molecule has 4 aromatic rings. The number of H-pyrrole nitrogens is 1. The van der Waals surface area contributed by atoms with Crippen LogP contribution in [0.15, 0.2) is 85.0 Å². The number of aromatic nitrogens is 1. The summed E-state index contributed by atoms with van der Waals surface area (Å²) in [6, 6.07) is 15.2. The normalized spacial score (nSPS) is 28.7. The third-order valence-corrected chi connectivity index (χ3v) is 22.8. The fraction of sp³-hybridized carbons (Fsp3) is 0.554. The number of hydrogen-bond donors (Lipinski definition) is 8. The zero-order chi connectivity index (χ0) is 71.1. The van der Waals surface area contributed by atoms with Crippen molar-refractivity contribution >= 4 is 75.8 Å². The van der Waals surface area contributed by atoms with Crippen LogP contribution < -0.4 is 36.6 Å². The smallest absolute Gasteiger partial charge is 0.344 e. The van der Waals surface area contributed by atoms with E-state index in [1.807, 2.05) is 74.3 Å². The monoisotopic (exact) mass is 1370 g/mol. The molecule has 9 N–H and O–H groups in total. The molecule has 3 fully saturated rings. The standard InChI is InChI=1S/C74H96N10O15/c1-10-70(94)39-47-40-73(67(91)97-8,52-37-51-55(38-56(52)96-7)81(6)65-72(51)31-35-82-33-18-30-71(11-2,64(72)82)66(99-45(5)85)74(65,95)68(92)98-9)61-50(49-19-14-15-20-53(49)78-61)29-36-84(42-47,43-70)41-46-23-25-48(26-24-46)77-62(89)54(21-17-32-76-69(75)93)79-63(90)60(44(3)4)80-57(86)22-13-12-16-34-83-58(87)27-28-59(83)88/h14-15,18-20,23-28,30,37-38,44,47,54,60,64-66,78,94-95H,10-13,16-17,21-22,29,31-36,39-43H2,1-9H3,(H5-,75,76,77,79,80,86,89,90,93)/p+1/t47-,54+,60+,64+,65-,66-,70+,71-,72-,73+,74+,84-/m1/s1. The first kappa shape index (κ1) is 71.6. The van der Waals surface area contributed by atoms with Crippen molar-refractivity contribution in [2.45, 2.75) is 171 Å². The Morgan fingerprint density at radius 3 is 2.24 bits per heavy atom. The van der Waals surface area contributed by atoms with Crippen LogP contribution in [0.3, 0.4) is 0 Å². The molecule has 7 amide bonds. The Morgan fingerprint density at radius 1 is 0.848 bits per heavy atom. The van der Waals surface area contributed by atoms with Crippen LogP contribution in [0.2, 0.25) is 0 Å². The number of methoxy groups -OCH3 is 3. The van der Waals surface area contributed by atoms with Gasteiger partial charge in [-0.1, -0.05) is 76.6 Å². The lowest BCUT2D eigenvalue weighted by Gasteiger charge is -2.63. The molecule has 2 bridgehead atoms. The summed E-state index contributed by atoms with van der Waals surface area (Å²) in [5.41, 5.74) is 3.69. The molecule has 25 heteroatoms. The molecule has 6 aliphatic heterocycles. The number of unbranched alkanes of at least 4 members (excludes halogenated alkanes) is 2. The first-order valence-corrected chi connectivity index (χ1v) is 34.9. The van der Waals surface area contributed by atoms with Crippen molar-refractivity contribution < 1.29 is 76.8 Å². The summed E-state index contributed by atoms with van der Waals surface area (Å²) in [6.45, 7) is 12.3. The zero-order valence-electron chi connectivity index (χ0n) is 58.3. The number of esters is 3. The average Bonchev–Trinajstić information content (AvgIpc) is 1.50. The van der Waals surface area contributed by atoms with Gasteiger partial charge < -0.3 is 70.5 Å². The number of carbonyl (C=O) groups excluding carboxylic acids is 9. The summed E-state index contributed by atoms with van der Waals surface area (Å²) >= 11 is 0. The van der Waals surface area contributed by atoms with Gasteiger partial charge in [0.1, 0.15) is 41.9 Å². The van der Waals surface area contributed by atoms with Crippen molar-refractivity contribution in [3.63, 3.8) is 0 Å². The number of hydrogen-bond acceptors (Lipinski definition) is 17. The highest BCUT2D eigenvalue weighted by molar-refractivity contribution is 6.13. The van der Waals surface area contributed by atoms with Crippen LogP contribution in [-0.2, 0) is 76.4 Å². The molecule has 0 unspecified atom stereocenters. The number of aliphatic hydroxyl groups is 2. The van der Waals surface area contributed by atoms with Crippen molar-refractivity contribution in [3.8, 4) is 5.75 Å². The fourth-order valence-electron chi connectivity index (χ4n) is 18.7. The van der Waals surface area contributed by atoms with Gasteiger partial charge in [-0.3, -0.25) is 43.4 Å². The van der Waals surface area contributed by atoms with E-state index in [0.29, 0.717) is 123 Å². The Hall–Kier alpha value is -8.65. The van der Waals surface area contributed by atoms with Crippen molar-refractivity contribution in [2.75, 3.05) is 84.4 Å². The lowest BCUT2D eigenvalue weighted by molar-refractivity contribution is -0.954. The fourth-order valence-corrected chi connectivity index (χ4v) is 18.7. The Bertz CT molecular complexity index is 3870. The molecule has 0 radical (unpaired) electrons. The van der Waals surface area contributed by atoms with E-state index in [2.05, 4.69) is 43.3 Å². The zero-order valence-corrected chi connectivity index (χ0v) is 58.3. The summed E-state index contributed by atoms with van der Waals surface area (Å²) in [5, 5.41) is 38.8. The first-order valence-electron chi connectivity index (χ1n) is 34.9. The first-order chi connectivity index (χ1) is 47.2. The second-order valence-electron chi connectivity index (χ2n) is 29.0. The quantitative estimate of drug-likeness (QED) is 0.0105. The van der Waals surface area contributed by atoms with Gasteiger partial charge >= 0.3 is 23.9 Å². The van der Waals surface area contributed by atoms with Crippen LogP contribution in [0.5, 0.6) is 5.75 Å². The highest BCUT2D eigenvalue weighted by Gasteiger charge is 2.80. The number of ether oxygens (including phenoxy) is 4. The number of aromatic amines is 1. The Morgan fingerprint density at radius 2 is 1.58 bits per heavy atom. The molecule has 99 heavy (non-hydrogen) atoms. The van der Waals surface area contributed by atoms with Gasteiger partial charge in [0.2, 0.25) is 23.3 Å². The number of benzene rings is 3. The molecule has 25 nitrogen and oxygen atoms in total. The van der Waals surface area contributed by atoms with Crippen LogP contribution in [-0.4, -0.2) is 199 Å². The third-order valence-electron chi connectivity index (χ3n) is 22.8. The van der Waals surface area contributed by atoms with Gasteiger partial charge in [-0.2, -0.15) is 0 Å². The molecule has 1 saturated carbocycles. The van der Waals surface area contributed by atoms with E-state index in [1.54, 1.807) is 33.1 Å². The summed E-state index contributed by atoms with van der Waals surface area (Å²) in [4.78, 5) is 131. The van der Waals surface area contributed by atoms with Crippen molar-refractivity contribution in [3.05, 3.63) is 113 Å². The molecule has 1 aromatic heterocycles. The number of quaternary nitrogens is 1. The lowest BCUT2D eigenvalue weighted by atomic mass is 9.47. The number of rotatable bonds is 25. The largest absolute Gasteiger partial charge is 0.496 e. The molecular weight excluding hydrogens is 1270 g/mol. The molecule has 532 valence electrons. The minimum atomic E-state index is -2.40. The SMILES string of the molecule is CC[C@]1(O)C[C@@H]2C[C@](C(=O)OC)(c3cc4c(cc3OC)N(C)[C@H]3[C@@](O)(C(=O)OC)[C@H](OC(C)=O)[C@]5(CC)C=CCN6CC[C@]43[C@@H]65)c3[nH]c4ccccc4c3CC[N@@+](Cc3ccc(NC(=O)[C@H](CCCNC(N)=O)NC(=O)[C@@H](NC(=O)CCCCCN4C(=O)C=CC4=O)C(C)C)cc3)(C2)C1. The average molecular weight is 1370 g/mol. The molecule has 3 aromatic carbocycles. The number of urea groups is 1. The number of nitrogens with one attached hydrogen (secondary N) is 5. The van der Waals surface area contributed by atoms with Crippen LogP contribution in [0.25, 0.3) is 10.9 Å². The Balaban J connectivity index is 0.909. The van der Waals surface area contributed by atoms with E-state index >= 15 is 4.79 Å². The lowest BCUT2D eigenvalue weighted by Crippen LogP contribution is -2.81. The van der Waals surface area contributed by atoms with Gasteiger partial charge in [-0.25, -0.2) is 9.59 Å². The maximum Gasteiger partial charge on any atom is 0.344 e. The molecular formula is C74H97N10O15+. The van der Waals surface area contributed by atoms with Gasteiger partial charge in [0.25, 0.3) is 11.8 Å².